The zero-order valence-electron chi connectivity index (χ0n) is 21.5. The highest BCUT2D eigenvalue weighted by Gasteiger charge is 2.54. The zero-order valence-corrected chi connectivity index (χ0v) is 23.8. The van der Waals surface area contributed by atoms with Gasteiger partial charge >= 0.3 is 0 Å². The van der Waals surface area contributed by atoms with Crippen molar-refractivity contribution in [3.05, 3.63) is 82.4 Å². The fourth-order valence-corrected chi connectivity index (χ4v) is 6.79. The third-order valence-electron chi connectivity index (χ3n) is 8.10. The first kappa shape index (κ1) is 28.2. The number of nitrogens with one attached hydrogen (secondary N) is 1. The van der Waals surface area contributed by atoms with Crippen LogP contribution in [0, 0.1) is 11.3 Å². The number of benzene rings is 2. The van der Waals surface area contributed by atoms with E-state index in [1.54, 1.807) is 6.92 Å². The molecule has 0 bridgehead atoms. The van der Waals surface area contributed by atoms with Gasteiger partial charge < -0.3 is 4.90 Å². The van der Waals surface area contributed by atoms with Gasteiger partial charge in [0.15, 0.2) is 0 Å². The van der Waals surface area contributed by atoms with Crippen LogP contribution in [0.1, 0.15) is 69.0 Å². The van der Waals surface area contributed by atoms with Crippen LogP contribution in [-0.2, 0) is 14.8 Å². The van der Waals surface area contributed by atoms with E-state index in [-0.39, 0.29) is 42.1 Å². The number of sulfonamides is 1. The van der Waals surface area contributed by atoms with Crippen LogP contribution < -0.4 is 4.72 Å². The van der Waals surface area contributed by atoms with Crippen molar-refractivity contribution in [2.75, 3.05) is 12.3 Å². The van der Waals surface area contributed by atoms with Crippen LogP contribution in [-0.4, -0.2) is 37.6 Å². The van der Waals surface area contributed by atoms with Crippen LogP contribution in [0.5, 0.6) is 0 Å². The van der Waals surface area contributed by atoms with Gasteiger partial charge in [-0.3, -0.25) is 4.79 Å². The summed E-state index contributed by atoms with van der Waals surface area (Å²) in [5, 5.41) is 1.27. The van der Waals surface area contributed by atoms with E-state index < -0.39 is 15.4 Å². The molecule has 5 nitrogen and oxygen atoms in total. The summed E-state index contributed by atoms with van der Waals surface area (Å²) in [5.41, 5.74) is 1.42. The molecule has 1 saturated carbocycles. The maximum Gasteiger partial charge on any atom is 0.229 e. The molecule has 8 heteroatoms. The molecule has 200 valence electrons. The molecule has 4 rings (SSSR count). The summed E-state index contributed by atoms with van der Waals surface area (Å²) in [5.74, 6) is 0.274. The van der Waals surface area contributed by atoms with E-state index in [1.807, 2.05) is 53.4 Å². The highest BCUT2D eigenvalue weighted by atomic mass is 35.5. The first-order chi connectivity index (χ1) is 17.6. The van der Waals surface area contributed by atoms with E-state index in [9.17, 15) is 13.2 Å². The van der Waals surface area contributed by atoms with Crippen molar-refractivity contribution in [1.29, 1.82) is 0 Å². The third kappa shape index (κ3) is 6.08. The van der Waals surface area contributed by atoms with Crippen LogP contribution in [0.15, 0.2) is 61.2 Å². The van der Waals surface area contributed by atoms with Crippen molar-refractivity contribution >= 4 is 39.1 Å². The van der Waals surface area contributed by atoms with Crippen LogP contribution in [0.25, 0.3) is 0 Å². The second-order valence-electron chi connectivity index (χ2n) is 10.4. The fourth-order valence-electron chi connectivity index (χ4n) is 5.84. The normalized spacial score (nSPS) is 25.2. The maximum atomic E-state index is 14.6. The molecule has 1 heterocycles. The number of hydrogen-bond acceptors (Lipinski definition) is 3. The molecule has 2 aromatic carbocycles. The Morgan fingerprint density at radius 1 is 1.11 bits per heavy atom. The molecule has 0 radical (unpaired) electrons. The minimum Gasteiger partial charge on any atom is -0.330 e. The molecule has 4 atom stereocenters. The average molecular weight is 564 g/mol. The van der Waals surface area contributed by atoms with Gasteiger partial charge in [0, 0.05) is 28.5 Å². The number of allylic oxidation sites excluding steroid dienone is 1. The molecule has 37 heavy (non-hydrogen) atoms. The standard InChI is InChI=1S/C29H36Cl2N2O3S/c1-4-16-29(5-2)18-25(22-8-7-9-24(31)17-22)27(21-12-14-23(30)15-13-21)33(28(29)34)26(20-10-11-20)19-32-37(35,36)6-3/h4,7-9,12-15,17,20,25-27,32H,1,5-6,10-11,16,18-19H2,2-3H3/t25-,26-,27?,29+/m1/s1. The third-order valence-corrected chi connectivity index (χ3v) is 9.95. The van der Waals surface area contributed by atoms with Crippen molar-refractivity contribution in [3.8, 4) is 0 Å². The number of rotatable bonds is 11. The monoisotopic (exact) mass is 562 g/mol. The van der Waals surface area contributed by atoms with Crippen molar-refractivity contribution in [2.24, 2.45) is 11.3 Å². The maximum absolute atomic E-state index is 14.6. The number of piperidine rings is 1. The van der Waals surface area contributed by atoms with Crippen LogP contribution in [0.3, 0.4) is 0 Å². The molecular weight excluding hydrogens is 527 g/mol. The fraction of sp³-hybridized carbons (Fsp3) is 0.483. The highest BCUT2D eigenvalue weighted by molar-refractivity contribution is 7.89. The Kier molecular flexibility index (Phi) is 8.74. The summed E-state index contributed by atoms with van der Waals surface area (Å²) in [7, 11) is -3.42. The lowest BCUT2D eigenvalue weighted by atomic mass is 9.65. The predicted molar refractivity (Wildman–Crippen MR) is 151 cm³/mol. The Balaban J connectivity index is 1.90. The van der Waals surface area contributed by atoms with Gasteiger partial charge in [0.1, 0.15) is 0 Å². The van der Waals surface area contributed by atoms with E-state index >= 15 is 0 Å². The van der Waals surface area contributed by atoms with Gasteiger partial charge in [0.05, 0.1) is 17.2 Å². The molecule has 2 aromatic rings. The molecule has 1 N–H and O–H groups in total. The topological polar surface area (TPSA) is 66.5 Å². The van der Waals surface area contributed by atoms with Crippen molar-refractivity contribution < 1.29 is 13.2 Å². The second kappa shape index (κ2) is 11.5. The number of halogens is 2. The Morgan fingerprint density at radius 2 is 1.81 bits per heavy atom. The van der Waals surface area contributed by atoms with E-state index in [0.29, 0.717) is 29.3 Å². The minimum atomic E-state index is -3.42. The molecule has 0 aromatic heterocycles. The quantitative estimate of drug-likeness (QED) is 0.308. The molecule has 1 aliphatic heterocycles. The molecule has 2 aliphatic rings. The van der Waals surface area contributed by atoms with Gasteiger partial charge in [-0.2, -0.15) is 0 Å². The van der Waals surface area contributed by atoms with Gasteiger partial charge in [0.25, 0.3) is 0 Å². The molecule has 1 amide bonds. The Morgan fingerprint density at radius 3 is 2.38 bits per heavy atom. The Hall–Kier alpha value is -1.86. The van der Waals surface area contributed by atoms with E-state index in [4.69, 9.17) is 23.2 Å². The van der Waals surface area contributed by atoms with Crippen LogP contribution in [0.4, 0.5) is 0 Å². The number of carbonyl (C=O) groups is 1. The second-order valence-corrected chi connectivity index (χ2v) is 13.3. The van der Waals surface area contributed by atoms with Crippen molar-refractivity contribution in [1.82, 2.24) is 9.62 Å². The summed E-state index contributed by atoms with van der Waals surface area (Å²) >= 11 is 12.7. The molecule has 1 unspecified atom stereocenters. The number of hydrogen-bond donors (Lipinski definition) is 1. The van der Waals surface area contributed by atoms with Crippen LogP contribution >= 0.6 is 23.2 Å². The number of likely N-dealkylation sites (tertiary alicyclic amines) is 1. The lowest BCUT2D eigenvalue weighted by Crippen LogP contribution is -2.59. The van der Waals surface area contributed by atoms with Crippen molar-refractivity contribution in [3.63, 3.8) is 0 Å². The van der Waals surface area contributed by atoms with Gasteiger partial charge in [-0.05, 0) is 80.3 Å². The molecule has 1 saturated heterocycles. The van der Waals surface area contributed by atoms with Gasteiger partial charge in [-0.25, -0.2) is 13.1 Å². The predicted octanol–water partition coefficient (Wildman–Crippen LogP) is 6.74. The first-order valence-corrected chi connectivity index (χ1v) is 15.5. The van der Waals surface area contributed by atoms with Gasteiger partial charge in [-0.1, -0.05) is 60.5 Å². The highest BCUT2D eigenvalue weighted by Crippen LogP contribution is 2.55. The summed E-state index contributed by atoms with van der Waals surface area (Å²) < 4.78 is 27.7. The lowest BCUT2D eigenvalue weighted by Gasteiger charge is -2.53. The first-order valence-electron chi connectivity index (χ1n) is 13.1. The van der Waals surface area contributed by atoms with Gasteiger partial charge in [-0.15, -0.1) is 6.58 Å². The van der Waals surface area contributed by atoms with Crippen LogP contribution in [0.2, 0.25) is 10.0 Å². The van der Waals surface area contributed by atoms with E-state index in [0.717, 1.165) is 24.0 Å². The summed E-state index contributed by atoms with van der Waals surface area (Å²) in [6.45, 7) is 7.86. The lowest BCUT2D eigenvalue weighted by molar-refractivity contribution is -0.156. The largest absolute Gasteiger partial charge is 0.330 e. The molecule has 2 fully saturated rings. The van der Waals surface area contributed by atoms with Gasteiger partial charge in [0.2, 0.25) is 15.9 Å². The molecule has 0 spiro atoms. The number of carbonyl (C=O) groups excluding carboxylic acids is 1. The molecule has 1 aliphatic carbocycles. The Bertz CT molecular complexity index is 1230. The average Bonchev–Trinajstić information content (AvgIpc) is 3.72. The summed E-state index contributed by atoms with van der Waals surface area (Å²) in [4.78, 5) is 16.6. The SMILES string of the molecule is C=CC[C@@]1(CC)C[C@H](c2cccc(Cl)c2)C(c2ccc(Cl)cc2)N([C@H](CNS(=O)(=O)CC)C2CC2)C1=O. The van der Waals surface area contributed by atoms with E-state index in [2.05, 4.69) is 24.3 Å². The Labute approximate surface area is 231 Å². The summed E-state index contributed by atoms with van der Waals surface area (Å²) in [6, 6.07) is 15.0. The molecular formula is C29H36Cl2N2O3S. The minimum absolute atomic E-state index is 0.000549. The van der Waals surface area contributed by atoms with Crippen molar-refractivity contribution in [2.45, 2.75) is 64.0 Å². The number of amides is 1. The zero-order chi connectivity index (χ0) is 26.8. The number of nitrogens with zero attached hydrogens (tertiary/aromatic N) is 1. The summed E-state index contributed by atoms with van der Waals surface area (Å²) in [6.07, 6.45) is 5.65. The van der Waals surface area contributed by atoms with E-state index in [1.165, 1.54) is 0 Å². The smallest absolute Gasteiger partial charge is 0.229 e.